The summed E-state index contributed by atoms with van der Waals surface area (Å²) in [4.78, 5) is 38.8. The molecule has 2 aromatic carbocycles. The zero-order valence-electron chi connectivity index (χ0n) is 20.1. The summed E-state index contributed by atoms with van der Waals surface area (Å²) in [5, 5.41) is 12.8. The molecule has 2 N–H and O–H groups in total. The van der Waals surface area contributed by atoms with Gasteiger partial charge in [-0.05, 0) is 42.7 Å². The van der Waals surface area contributed by atoms with Crippen LogP contribution in [0.3, 0.4) is 0 Å². The fourth-order valence-electron chi connectivity index (χ4n) is 3.48. The Balaban J connectivity index is 0.000000547. The number of hydrogen-bond donors (Lipinski definition) is 2. The molecule has 0 bridgehead atoms. The lowest BCUT2D eigenvalue weighted by Gasteiger charge is -2.17. The van der Waals surface area contributed by atoms with Crippen LogP contribution >= 0.6 is 0 Å². The van der Waals surface area contributed by atoms with E-state index in [-0.39, 0.29) is 16.7 Å². The third-order valence-corrected chi connectivity index (χ3v) is 4.97. The third kappa shape index (κ3) is 4.75. The summed E-state index contributed by atoms with van der Waals surface area (Å²) in [6, 6.07) is 10.1. The first-order valence-electron chi connectivity index (χ1n) is 11.3. The summed E-state index contributed by atoms with van der Waals surface area (Å²) in [5.74, 6) is -1.05. The fraction of sp³-hybridized carbons (Fsp3) is 0.423. The SMILES string of the molecule is CC(C)c1ccc(N2C(=O)c3cc4c(cc3C2=O)C(C)(O)NC4=O)cc1.CCC.CCC. The van der Waals surface area contributed by atoms with Crippen LogP contribution in [0, 0.1) is 0 Å². The van der Waals surface area contributed by atoms with E-state index >= 15 is 0 Å². The summed E-state index contributed by atoms with van der Waals surface area (Å²) in [6.45, 7) is 14.1. The standard InChI is InChI=1S/C20H18N2O4.2C3H8/c1-10(2)11-4-6-12(7-5-11)22-18(24)13-8-15-16(9-14(13)19(22)25)20(3,26)21-17(15)23;2*1-3-2/h4-10,26H,1-3H3,(H,21,23);2*3H2,1-2H3. The zero-order valence-corrected chi connectivity index (χ0v) is 20.1. The number of nitrogens with zero attached hydrogens (tertiary/aromatic N) is 1. The molecule has 32 heavy (non-hydrogen) atoms. The number of carbonyl (C=O) groups is 3. The van der Waals surface area contributed by atoms with E-state index in [0.29, 0.717) is 17.2 Å². The minimum Gasteiger partial charge on any atom is -0.367 e. The summed E-state index contributed by atoms with van der Waals surface area (Å²) < 4.78 is 0. The Morgan fingerprint density at radius 1 is 0.875 bits per heavy atom. The predicted molar refractivity (Wildman–Crippen MR) is 127 cm³/mol. The molecular formula is C26H34N2O4. The van der Waals surface area contributed by atoms with E-state index in [9.17, 15) is 19.5 Å². The number of hydrogen-bond acceptors (Lipinski definition) is 4. The number of anilines is 1. The lowest BCUT2D eigenvalue weighted by Crippen LogP contribution is -2.35. The predicted octanol–water partition coefficient (Wildman–Crippen LogP) is 5.35. The number of carbonyl (C=O) groups excluding carboxylic acids is 3. The number of rotatable bonds is 2. The molecule has 0 aromatic heterocycles. The number of benzene rings is 2. The van der Waals surface area contributed by atoms with E-state index in [4.69, 9.17) is 0 Å². The first-order chi connectivity index (χ1) is 15.0. The Labute approximate surface area is 190 Å². The van der Waals surface area contributed by atoms with E-state index in [1.165, 1.54) is 31.9 Å². The van der Waals surface area contributed by atoms with Gasteiger partial charge in [0.15, 0.2) is 5.72 Å². The van der Waals surface area contributed by atoms with Crippen LogP contribution in [0.5, 0.6) is 0 Å². The minimum absolute atomic E-state index is 0.175. The molecule has 3 amide bonds. The van der Waals surface area contributed by atoms with E-state index < -0.39 is 23.4 Å². The molecule has 0 radical (unpaired) electrons. The largest absolute Gasteiger partial charge is 0.367 e. The first kappa shape index (κ1) is 25.3. The van der Waals surface area contributed by atoms with Gasteiger partial charge in [0.1, 0.15) is 0 Å². The van der Waals surface area contributed by atoms with Gasteiger partial charge >= 0.3 is 0 Å². The summed E-state index contributed by atoms with van der Waals surface area (Å²) in [6.07, 6.45) is 2.50. The molecule has 1 atom stereocenters. The Bertz CT molecular complexity index is 1010. The average Bonchev–Trinajstić information content (AvgIpc) is 3.11. The Kier molecular flexibility index (Phi) is 7.97. The van der Waals surface area contributed by atoms with Crippen molar-refractivity contribution in [1.29, 1.82) is 0 Å². The number of amides is 3. The van der Waals surface area contributed by atoms with Crippen molar-refractivity contribution >= 4 is 23.4 Å². The van der Waals surface area contributed by atoms with Gasteiger partial charge in [0.2, 0.25) is 0 Å². The van der Waals surface area contributed by atoms with Crippen LogP contribution in [0.25, 0.3) is 0 Å². The van der Waals surface area contributed by atoms with Gasteiger partial charge in [-0.25, -0.2) is 4.90 Å². The molecule has 6 nitrogen and oxygen atoms in total. The molecule has 0 aliphatic carbocycles. The summed E-state index contributed by atoms with van der Waals surface area (Å²) in [7, 11) is 0. The van der Waals surface area contributed by atoms with Gasteiger partial charge in [0.25, 0.3) is 17.7 Å². The quantitative estimate of drug-likeness (QED) is 0.619. The number of aliphatic hydroxyl groups is 1. The summed E-state index contributed by atoms with van der Waals surface area (Å²) in [5.41, 5.74) is 0.922. The van der Waals surface area contributed by atoms with Crippen molar-refractivity contribution in [2.24, 2.45) is 0 Å². The zero-order chi connectivity index (χ0) is 24.2. The highest BCUT2D eigenvalue weighted by Gasteiger charge is 2.43. The van der Waals surface area contributed by atoms with Crippen LogP contribution in [0.1, 0.15) is 109 Å². The molecule has 2 aromatic rings. The number of fused-ring (bicyclic) bond motifs is 2. The van der Waals surface area contributed by atoms with Crippen LogP contribution in [0.2, 0.25) is 0 Å². The monoisotopic (exact) mass is 438 g/mol. The molecule has 0 spiro atoms. The molecule has 2 heterocycles. The third-order valence-electron chi connectivity index (χ3n) is 4.97. The van der Waals surface area contributed by atoms with Gasteiger partial charge in [-0.1, -0.05) is 66.5 Å². The Morgan fingerprint density at radius 2 is 1.34 bits per heavy atom. The number of imide groups is 1. The number of nitrogens with one attached hydrogen (secondary N) is 1. The topological polar surface area (TPSA) is 86.7 Å². The van der Waals surface area contributed by atoms with Crippen molar-refractivity contribution in [2.45, 2.75) is 73.0 Å². The van der Waals surface area contributed by atoms with Gasteiger partial charge in [0.05, 0.1) is 16.8 Å². The molecule has 0 saturated carbocycles. The minimum atomic E-state index is -1.56. The first-order valence-corrected chi connectivity index (χ1v) is 11.3. The maximum Gasteiger partial charge on any atom is 0.266 e. The van der Waals surface area contributed by atoms with Crippen molar-refractivity contribution in [3.63, 3.8) is 0 Å². The molecule has 2 aliphatic rings. The molecule has 4 rings (SSSR count). The molecular weight excluding hydrogens is 404 g/mol. The van der Waals surface area contributed by atoms with E-state index in [1.54, 1.807) is 12.1 Å². The Hall–Kier alpha value is -2.99. The van der Waals surface area contributed by atoms with Gasteiger partial charge < -0.3 is 10.4 Å². The second kappa shape index (κ2) is 10.1. The normalized spacial score (nSPS) is 18.4. The van der Waals surface area contributed by atoms with Crippen molar-refractivity contribution in [1.82, 2.24) is 5.32 Å². The molecule has 2 aliphatic heterocycles. The molecule has 0 fully saturated rings. The molecule has 6 heteroatoms. The van der Waals surface area contributed by atoms with Gasteiger partial charge in [-0.3, -0.25) is 14.4 Å². The maximum atomic E-state index is 12.8. The second-order valence-electron chi connectivity index (χ2n) is 8.58. The highest BCUT2D eigenvalue weighted by atomic mass is 16.3. The molecule has 1 unspecified atom stereocenters. The van der Waals surface area contributed by atoms with Crippen molar-refractivity contribution in [3.8, 4) is 0 Å². The van der Waals surface area contributed by atoms with Gasteiger partial charge in [-0.2, -0.15) is 0 Å². The fourth-order valence-corrected chi connectivity index (χ4v) is 3.48. The van der Waals surface area contributed by atoms with Crippen LogP contribution in [0.15, 0.2) is 36.4 Å². The van der Waals surface area contributed by atoms with Crippen molar-refractivity contribution < 1.29 is 19.5 Å². The highest BCUT2D eigenvalue weighted by molar-refractivity contribution is 6.35. The average molecular weight is 439 g/mol. The van der Waals surface area contributed by atoms with E-state index in [1.807, 2.05) is 12.1 Å². The lowest BCUT2D eigenvalue weighted by atomic mass is 9.97. The highest BCUT2D eigenvalue weighted by Crippen LogP contribution is 2.36. The second-order valence-corrected chi connectivity index (χ2v) is 8.58. The molecule has 172 valence electrons. The van der Waals surface area contributed by atoms with Crippen LogP contribution in [0.4, 0.5) is 5.69 Å². The maximum absolute atomic E-state index is 12.8. The lowest BCUT2D eigenvalue weighted by molar-refractivity contribution is 0.0301. The van der Waals surface area contributed by atoms with E-state index in [2.05, 4.69) is 46.9 Å². The van der Waals surface area contributed by atoms with Crippen molar-refractivity contribution in [2.75, 3.05) is 4.90 Å². The van der Waals surface area contributed by atoms with Crippen LogP contribution < -0.4 is 10.2 Å². The smallest absolute Gasteiger partial charge is 0.266 e. The molecule has 0 saturated heterocycles. The van der Waals surface area contributed by atoms with Crippen molar-refractivity contribution in [3.05, 3.63) is 64.2 Å². The van der Waals surface area contributed by atoms with Crippen LogP contribution in [-0.4, -0.2) is 22.8 Å². The van der Waals surface area contributed by atoms with E-state index in [0.717, 1.165) is 10.5 Å². The van der Waals surface area contributed by atoms with Gasteiger partial charge in [0, 0.05) is 11.1 Å². The van der Waals surface area contributed by atoms with Crippen LogP contribution in [-0.2, 0) is 5.72 Å². The van der Waals surface area contributed by atoms with Gasteiger partial charge in [-0.15, -0.1) is 0 Å². The summed E-state index contributed by atoms with van der Waals surface area (Å²) >= 11 is 0. The Morgan fingerprint density at radius 3 is 1.81 bits per heavy atom.